The van der Waals surface area contributed by atoms with Gasteiger partial charge in [-0.05, 0) is 133 Å². The second kappa shape index (κ2) is 24.6. The van der Waals surface area contributed by atoms with Crippen LogP contribution in [0.25, 0.3) is 0 Å². The summed E-state index contributed by atoms with van der Waals surface area (Å²) in [4.78, 5) is 38.1. The monoisotopic (exact) mass is 949 g/mol. The van der Waals surface area contributed by atoms with Crippen molar-refractivity contribution in [1.82, 2.24) is 14.8 Å². The van der Waals surface area contributed by atoms with Gasteiger partial charge in [0, 0.05) is 37.9 Å². The molecule has 0 aliphatic carbocycles. The molecule has 0 saturated heterocycles. The average molecular weight is 950 g/mol. The van der Waals surface area contributed by atoms with E-state index in [1.165, 1.54) is 0 Å². The van der Waals surface area contributed by atoms with Gasteiger partial charge in [-0.15, -0.1) is 0 Å². The summed E-state index contributed by atoms with van der Waals surface area (Å²) in [5.74, 6) is 5.26. The Morgan fingerprint density at radius 1 is 0.333 bits per heavy atom. The smallest absolute Gasteiger partial charge is 0.272 e. The van der Waals surface area contributed by atoms with Crippen LogP contribution >= 0.6 is 0 Å². The molecule has 8 aromatic carbocycles. The maximum atomic E-state index is 15.0. The van der Waals surface area contributed by atoms with Crippen molar-refractivity contribution in [3.63, 3.8) is 0 Å². The Morgan fingerprint density at radius 3 is 0.931 bits per heavy atom. The maximum absolute atomic E-state index is 15.0. The van der Waals surface area contributed by atoms with E-state index in [1.807, 2.05) is 223 Å². The molecule has 1 aromatic heterocycles. The predicted molar refractivity (Wildman–Crippen MR) is 283 cm³/mol. The summed E-state index contributed by atoms with van der Waals surface area (Å²) in [7, 11) is 0. The van der Waals surface area contributed by atoms with Gasteiger partial charge in [-0.25, -0.2) is 0 Å². The molecule has 0 atom stereocenters. The molecule has 2 amide bonds. The zero-order valence-electron chi connectivity index (χ0n) is 40.0. The summed E-state index contributed by atoms with van der Waals surface area (Å²) < 4.78 is 25.3. The molecule has 0 radical (unpaired) electrons. The summed E-state index contributed by atoms with van der Waals surface area (Å²) in [6.07, 6.45) is 3.61. The van der Waals surface area contributed by atoms with Gasteiger partial charge in [0.05, 0.1) is 0 Å². The van der Waals surface area contributed by atoms with Crippen molar-refractivity contribution in [2.24, 2.45) is 0 Å². The summed E-state index contributed by atoms with van der Waals surface area (Å²) in [6.45, 7) is 1.47. The van der Waals surface area contributed by atoms with Crippen LogP contribution in [0.5, 0.6) is 46.0 Å². The summed E-state index contributed by atoms with van der Waals surface area (Å²) in [5, 5.41) is 0. The van der Waals surface area contributed by atoms with Crippen molar-refractivity contribution in [3.05, 3.63) is 270 Å². The highest BCUT2D eigenvalue weighted by Crippen LogP contribution is 2.30. The minimum Gasteiger partial charge on any atom is -0.457 e. The number of hydrogen-bond donors (Lipinski definition) is 0. The van der Waals surface area contributed by atoms with Gasteiger partial charge in [-0.3, -0.25) is 14.6 Å². The van der Waals surface area contributed by atoms with Crippen molar-refractivity contribution < 1.29 is 28.5 Å². The second-order valence-corrected chi connectivity index (χ2v) is 17.1. The summed E-state index contributed by atoms with van der Waals surface area (Å²) >= 11 is 0. The number of pyridine rings is 1. The molecule has 0 spiro atoms. The topological polar surface area (TPSA) is 90.4 Å². The molecule has 9 aromatic rings. The van der Waals surface area contributed by atoms with Crippen molar-refractivity contribution in [2.45, 2.75) is 25.7 Å². The zero-order chi connectivity index (χ0) is 49.2. The van der Waals surface area contributed by atoms with E-state index in [1.54, 1.807) is 23.2 Å². The number of ether oxygens (including phenoxy) is 4. The fraction of sp³-hybridized carbons (Fsp3) is 0.127. The molecule has 0 unspecified atom stereocenters. The van der Waals surface area contributed by atoms with Crippen LogP contribution < -0.4 is 18.9 Å². The van der Waals surface area contributed by atoms with Crippen molar-refractivity contribution >= 4 is 11.8 Å². The van der Waals surface area contributed by atoms with Gasteiger partial charge in [0.2, 0.25) is 0 Å². The third-order valence-corrected chi connectivity index (χ3v) is 12.2. The van der Waals surface area contributed by atoms with Gasteiger partial charge < -0.3 is 28.7 Å². The standard InChI is InChI=1S/C63H55N3O6/c67-62(65(43-38-48-21-13-17-33-58(48)69-53-25-5-1-6-26-53)44-39-49-22-14-18-34-59(49)70-54-27-7-2-8-28-54)52-37-42-64-57(47-52)63(68)66(45-40-50-23-15-19-35-60(50)71-55-29-9-3-10-30-55)46-41-51-24-16-20-36-61(51)72-56-31-11-4-12-32-56/h1-37,42,47H,38-41,43-46H2. The molecule has 1 heterocycles. The van der Waals surface area contributed by atoms with E-state index in [0.29, 0.717) is 68.9 Å². The third kappa shape index (κ3) is 13.2. The zero-order valence-corrected chi connectivity index (χ0v) is 40.0. The van der Waals surface area contributed by atoms with Crippen LogP contribution in [-0.4, -0.2) is 52.8 Å². The molecule has 0 bridgehead atoms. The number of aromatic nitrogens is 1. The summed E-state index contributed by atoms with van der Waals surface area (Å²) in [6, 6.07) is 73.5. The number of carbonyl (C=O) groups is 2. The van der Waals surface area contributed by atoms with E-state index in [2.05, 4.69) is 4.98 Å². The van der Waals surface area contributed by atoms with Crippen LogP contribution in [0.15, 0.2) is 237 Å². The normalized spacial score (nSPS) is 10.8. The Balaban J connectivity index is 0.983. The van der Waals surface area contributed by atoms with Crippen LogP contribution in [0.1, 0.15) is 43.1 Å². The number of hydrogen-bond acceptors (Lipinski definition) is 7. The Kier molecular flexibility index (Phi) is 16.4. The summed E-state index contributed by atoms with van der Waals surface area (Å²) in [5.41, 5.74) is 4.35. The third-order valence-electron chi connectivity index (χ3n) is 12.2. The van der Waals surface area contributed by atoms with E-state index in [9.17, 15) is 9.59 Å². The Morgan fingerprint density at radius 2 is 0.611 bits per heavy atom. The van der Waals surface area contributed by atoms with Crippen LogP contribution in [0.2, 0.25) is 0 Å². The van der Waals surface area contributed by atoms with Gasteiger partial charge in [0.25, 0.3) is 11.8 Å². The molecular formula is C63H55N3O6. The van der Waals surface area contributed by atoms with Crippen LogP contribution in [0.4, 0.5) is 0 Å². The second-order valence-electron chi connectivity index (χ2n) is 17.1. The lowest BCUT2D eigenvalue weighted by atomic mass is 10.1. The lowest BCUT2D eigenvalue weighted by molar-refractivity contribution is 0.0751. The van der Waals surface area contributed by atoms with E-state index < -0.39 is 0 Å². The molecule has 358 valence electrons. The van der Waals surface area contributed by atoms with Crippen LogP contribution in [-0.2, 0) is 25.7 Å². The minimum atomic E-state index is -0.293. The van der Waals surface area contributed by atoms with Crippen molar-refractivity contribution in [1.29, 1.82) is 0 Å². The highest BCUT2D eigenvalue weighted by atomic mass is 16.5. The van der Waals surface area contributed by atoms with Gasteiger partial charge in [0.1, 0.15) is 51.7 Å². The first-order valence-corrected chi connectivity index (χ1v) is 24.3. The van der Waals surface area contributed by atoms with Crippen LogP contribution in [0, 0.1) is 0 Å². The SMILES string of the molecule is O=C(c1ccnc(C(=O)N(CCc2ccccc2Oc2ccccc2)CCc2ccccc2Oc2ccccc2)c1)N(CCc1ccccc1Oc1ccccc1)CCc1ccccc1Oc1ccccc1. The average Bonchev–Trinajstić information content (AvgIpc) is 3.43. The number of rotatable bonds is 22. The fourth-order valence-corrected chi connectivity index (χ4v) is 8.38. The molecule has 9 nitrogen and oxygen atoms in total. The van der Waals surface area contributed by atoms with E-state index in [0.717, 1.165) is 56.8 Å². The van der Waals surface area contributed by atoms with E-state index in [-0.39, 0.29) is 17.5 Å². The van der Waals surface area contributed by atoms with Gasteiger partial charge >= 0.3 is 0 Å². The largest absolute Gasteiger partial charge is 0.457 e. The first-order valence-electron chi connectivity index (χ1n) is 24.3. The van der Waals surface area contributed by atoms with Gasteiger partial charge in [-0.2, -0.15) is 0 Å². The van der Waals surface area contributed by atoms with Crippen molar-refractivity contribution in [2.75, 3.05) is 26.2 Å². The number of para-hydroxylation sites is 8. The number of benzene rings is 8. The number of nitrogens with zero attached hydrogens (tertiary/aromatic N) is 3. The minimum absolute atomic E-state index is 0.173. The molecule has 0 fully saturated rings. The van der Waals surface area contributed by atoms with Gasteiger partial charge in [-0.1, -0.05) is 146 Å². The molecule has 0 saturated carbocycles. The highest BCUT2D eigenvalue weighted by molar-refractivity contribution is 5.98. The highest BCUT2D eigenvalue weighted by Gasteiger charge is 2.23. The quantitative estimate of drug-likeness (QED) is 0.0668. The Bertz CT molecular complexity index is 2770. The van der Waals surface area contributed by atoms with E-state index in [4.69, 9.17) is 18.9 Å². The molecular weight excluding hydrogens is 895 g/mol. The maximum Gasteiger partial charge on any atom is 0.272 e. The first kappa shape index (κ1) is 48.1. The molecule has 0 aliphatic rings. The molecule has 0 N–H and O–H groups in total. The number of carbonyl (C=O) groups excluding carboxylic acids is 2. The molecule has 9 heteroatoms. The lowest BCUT2D eigenvalue weighted by Gasteiger charge is -2.25. The van der Waals surface area contributed by atoms with Crippen molar-refractivity contribution in [3.8, 4) is 46.0 Å². The Labute approximate surface area is 421 Å². The molecule has 72 heavy (non-hydrogen) atoms. The Hall–Kier alpha value is -8.95. The molecule has 0 aliphatic heterocycles. The van der Waals surface area contributed by atoms with E-state index >= 15 is 0 Å². The predicted octanol–water partition coefficient (Wildman–Crippen LogP) is 14.1. The number of amides is 2. The fourth-order valence-electron chi connectivity index (χ4n) is 8.38. The van der Waals surface area contributed by atoms with Crippen LogP contribution in [0.3, 0.4) is 0 Å². The first-order chi connectivity index (χ1) is 35.5. The molecule has 9 rings (SSSR count). The lowest BCUT2D eigenvalue weighted by Crippen LogP contribution is -2.36. The van der Waals surface area contributed by atoms with Gasteiger partial charge in [0.15, 0.2) is 0 Å².